The highest BCUT2D eigenvalue weighted by atomic mass is 79.9. The number of nitrogens with zero attached hydrogens (tertiary/aromatic N) is 2. The van der Waals surface area contributed by atoms with Crippen LogP contribution in [0.5, 0.6) is 0 Å². The number of nitro groups is 1. The number of rotatable bonds is 3. The smallest absolute Gasteiger partial charge is 0.336 e. The third-order valence-electron chi connectivity index (χ3n) is 4.69. The van der Waals surface area contributed by atoms with Crippen molar-refractivity contribution in [2.24, 2.45) is 0 Å². The van der Waals surface area contributed by atoms with E-state index in [1.807, 2.05) is 12.1 Å². The van der Waals surface area contributed by atoms with Gasteiger partial charge >= 0.3 is 5.97 Å². The number of esters is 1. The van der Waals surface area contributed by atoms with Gasteiger partial charge in [0.05, 0.1) is 16.2 Å². The number of cyclic esters (lactones) is 1. The van der Waals surface area contributed by atoms with E-state index < -0.39 is 16.8 Å². The van der Waals surface area contributed by atoms with Crippen molar-refractivity contribution in [2.75, 3.05) is 11.5 Å². The molecule has 2 aliphatic heterocycles. The van der Waals surface area contributed by atoms with E-state index in [1.54, 1.807) is 24.3 Å². The summed E-state index contributed by atoms with van der Waals surface area (Å²) in [5.74, 6) is -1.24. The van der Waals surface area contributed by atoms with Crippen molar-refractivity contribution in [1.82, 2.24) is 0 Å². The Hall–Kier alpha value is -3.00. The normalized spacial score (nSPS) is 19.1. The maximum absolute atomic E-state index is 12.9. The molecule has 27 heavy (non-hydrogen) atoms. The zero-order valence-electron chi connectivity index (χ0n) is 13.9. The second kappa shape index (κ2) is 6.62. The minimum Gasteiger partial charge on any atom is -0.456 e. The highest BCUT2D eigenvalue weighted by Gasteiger charge is 2.43. The van der Waals surface area contributed by atoms with Crippen LogP contribution in [0.2, 0.25) is 0 Å². The monoisotopic (exact) mass is 428 g/mol. The molecule has 0 radical (unpaired) electrons. The summed E-state index contributed by atoms with van der Waals surface area (Å²) in [6.45, 7) is 0.00139. The Kier molecular flexibility index (Phi) is 4.27. The van der Waals surface area contributed by atoms with Gasteiger partial charge in [0, 0.05) is 34.6 Å². The third-order valence-corrected chi connectivity index (χ3v) is 5.21. The van der Waals surface area contributed by atoms with Crippen molar-refractivity contribution in [3.63, 3.8) is 0 Å². The molecule has 0 spiro atoms. The fourth-order valence-corrected chi connectivity index (χ4v) is 3.75. The van der Waals surface area contributed by atoms with Crippen LogP contribution in [0.3, 0.4) is 0 Å². The number of hydrogen-bond donors (Lipinski definition) is 0. The fraction of sp³-hybridized carbons (Fsp3) is 0.158. The van der Waals surface area contributed by atoms with E-state index in [-0.39, 0.29) is 24.6 Å². The number of ether oxygens (including phenoxy) is 1. The van der Waals surface area contributed by atoms with Crippen LogP contribution >= 0.6 is 15.9 Å². The minimum absolute atomic E-state index is 0.00139. The second-order valence-corrected chi connectivity index (χ2v) is 7.17. The predicted octanol–water partition coefficient (Wildman–Crippen LogP) is 3.69. The number of anilines is 1. The van der Waals surface area contributed by atoms with Gasteiger partial charge in [-0.05, 0) is 29.8 Å². The van der Waals surface area contributed by atoms with Crippen molar-refractivity contribution >= 4 is 39.2 Å². The van der Waals surface area contributed by atoms with Crippen LogP contribution < -0.4 is 4.90 Å². The topological polar surface area (TPSA) is 89.7 Å². The second-order valence-electron chi connectivity index (χ2n) is 6.25. The summed E-state index contributed by atoms with van der Waals surface area (Å²) in [6, 6.07) is 13.2. The molecule has 0 N–H and O–H groups in total. The van der Waals surface area contributed by atoms with Crippen LogP contribution in [-0.2, 0) is 14.3 Å². The van der Waals surface area contributed by atoms with Crippen LogP contribution in [0.4, 0.5) is 11.4 Å². The molecule has 2 aliphatic rings. The summed E-state index contributed by atoms with van der Waals surface area (Å²) in [5, 5.41) is 11.1. The van der Waals surface area contributed by atoms with Gasteiger partial charge in [0.15, 0.2) is 0 Å². The fourth-order valence-electron chi connectivity index (χ4n) is 3.48. The number of nitro benzene ring substituents is 1. The number of amides is 1. The quantitative estimate of drug-likeness (QED) is 0.422. The lowest BCUT2D eigenvalue weighted by molar-refractivity contribution is -0.384. The lowest BCUT2D eigenvalue weighted by Crippen LogP contribution is -2.37. The Balaban J connectivity index is 1.81. The number of carbonyl (C=O) groups is 2. The summed E-state index contributed by atoms with van der Waals surface area (Å²) in [6.07, 6.45) is 0.0329. The Morgan fingerprint density at radius 1 is 1.15 bits per heavy atom. The van der Waals surface area contributed by atoms with E-state index in [0.29, 0.717) is 22.5 Å². The first-order chi connectivity index (χ1) is 13.0. The van der Waals surface area contributed by atoms with Gasteiger partial charge < -0.3 is 4.74 Å². The molecule has 0 fully saturated rings. The molecular formula is C19H13BrN2O5. The van der Waals surface area contributed by atoms with Gasteiger partial charge in [0.25, 0.3) is 5.69 Å². The lowest BCUT2D eigenvalue weighted by Gasteiger charge is -2.31. The maximum Gasteiger partial charge on any atom is 0.336 e. The van der Waals surface area contributed by atoms with Gasteiger partial charge in [-0.3, -0.25) is 19.8 Å². The molecule has 0 aromatic heterocycles. The molecule has 2 heterocycles. The molecule has 0 saturated heterocycles. The molecule has 2 aromatic rings. The summed E-state index contributed by atoms with van der Waals surface area (Å²) in [7, 11) is 0. The van der Waals surface area contributed by atoms with Gasteiger partial charge in [-0.1, -0.05) is 28.1 Å². The molecule has 1 atom stereocenters. The first-order valence-electron chi connectivity index (χ1n) is 8.19. The van der Waals surface area contributed by atoms with Crippen molar-refractivity contribution in [3.8, 4) is 0 Å². The van der Waals surface area contributed by atoms with Crippen LogP contribution in [0.25, 0.3) is 0 Å². The predicted molar refractivity (Wildman–Crippen MR) is 100 cm³/mol. The molecule has 0 saturated carbocycles. The van der Waals surface area contributed by atoms with Crippen LogP contribution in [0.1, 0.15) is 17.9 Å². The summed E-state index contributed by atoms with van der Waals surface area (Å²) in [4.78, 5) is 37.4. The first-order valence-corrected chi connectivity index (χ1v) is 8.98. The van der Waals surface area contributed by atoms with Gasteiger partial charge in [-0.15, -0.1) is 0 Å². The Morgan fingerprint density at radius 2 is 1.89 bits per heavy atom. The average molecular weight is 429 g/mol. The molecular weight excluding hydrogens is 416 g/mol. The molecule has 1 unspecified atom stereocenters. The van der Waals surface area contributed by atoms with Crippen molar-refractivity contribution in [1.29, 1.82) is 0 Å². The van der Waals surface area contributed by atoms with E-state index in [9.17, 15) is 19.7 Å². The molecule has 4 rings (SSSR count). The number of non-ortho nitro benzene ring substituents is 1. The zero-order valence-corrected chi connectivity index (χ0v) is 15.5. The van der Waals surface area contributed by atoms with Crippen molar-refractivity contribution in [2.45, 2.75) is 12.3 Å². The standard InChI is InChI=1S/C19H13BrN2O5/c20-12-4-6-13(7-5-12)21-16-10-27-19(24)18(16)15(9-17(21)23)11-2-1-3-14(8-11)22(25)26/h1-8,15H,9-10H2. The molecule has 2 aromatic carbocycles. The molecule has 0 aliphatic carbocycles. The Labute approximate surface area is 162 Å². The summed E-state index contributed by atoms with van der Waals surface area (Å²) < 4.78 is 6.08. The molecule has 0 bridgehead atoms. The minimum atomic E-state index is -0.561. The maximum atomic E-state index is 12.9. The van der Waals surface area contributed by atoms with Crippen LogP contribution in [-0.4, -0.2) is 23.4 Å². The molecule has 136 valence electrons. The zero-order chi connectivity index (χ0) is 19.1. The van der Waals surface area contributed by atoms with E-state index in [0.717, 1.165) is 4.47 Å². The number of carbonyl (C=O) groups excluding carboxylic acids is 2. The number of halogens is 1. The number of hydrogen-bond acceptors (Lipinski definition) is 5. The molecule has 8 heteroatoms. The van der Waals surface area contributed by atoms with E-state index in [2.05, 4.69) is 15.9 Å². The lowest BCUT2D eigenvalue weighted by atomic mass is 9.84. The molecule has 7 nitrogen and oxygen atoms in total. The Bertz CT molecular complexity index is 999. The first kappa shape index (κ1) is 17.4. The van der Waals surface area contributed by atoms with E-state index in [4.69, 9.17) is 4.74 Å². The third kappa shape index (κ3) is 3.02. The number of benzene rings is 2. The van der Waals surface area contributed by atoms with Gasteiger partial charge in [0.1, 0.15) is 6.61 Å². The summed E-state index contributed by atoms with van der Waals surface area (Å²) >= 11 is 3.36. The average Bonchev–Trinajstić information content (AvgIpc) is 3.04. The highest BCUT2D eigenvalue weighted by Crippen LogP contribution is 2.42. The molecule has 1 amide bonds. The van der Waals surface area contributed by atoms with Gasteiger partial charge in [-0.25, -0.2) is 4.79 Å². The van der Waals surface area contributed by atoms with Crippen LogP contribution in [0.15, 0.2) is 64.3 Å². The van der Waals surface area contributed by atoms with Gasteiger partial charge in [0.2, 0.25) is 5.91 Å². The summed E-state index contributed by atoms with van der Waals surface area (Å²) in [5.41, 5.74) is 2.00. The van der Waals surface area contributed by atoms with E-state index >= 15 is 0 Å². The van der Waals surface area contributed by atoms with Crippen molar-refractivity contribution < 1.29 is 19.2 Å². The SMILES string of the molecule is O=C1OCC2=C1C(c1cccc([N+](=O)[O-])c1)CC(=O)N2c1ccc(Br)cc1. The van der Waals surface area contributed by atoms with Crippen molar-refractivity contribution in [3.05, 3.63) is 80.0 Å². The Morgan fingerprint density at radius 3 is 2.59 bits per heavy atom. The van der Waals surface area contributed by atoms with E-state index in [1.165, 1.54) is 17.0 Å². The highest BCUT2D eigenvalue weighted by molar-refractivity contribution is 9.10. The van der Waals surface area contributed by atoms with Crippen LogP contribution in [0, 0.1) is 10.1 Å². The largest absolute Gasteiger partial charge is 0.456 e. The van der Waals surface area contributed by atoms with Gasteiger partial charge in [-0.2, -0.15) is 0 Å².